The van der Waals surface area contributed by atoms with Gasteiger partial charge in [-0.2, -0.15) is 0 Å². The van der Waals surface area contributed by atoms with E-state index in [1.54, 1.807) is 0 Å². The molecule has 0 atom stereocenters. The van der Waals surface area contributed by atoms with E-state index in [-0.39, 0.29) is 24.0 Å². The van der Waals surface area contributed by atoms with Crippen molar-refractivity contribution in [2.24, 2.45) is 0 Å². The third-order valence-corrected chi connectivity index (χ3v) is 4.88. The summed E-state index contributed by atoms with van der Waals surface area (Å²) >= 11 is 1.39. The van der Waals surface area contributed by atoms with Gasteiger partial charge in [0.25, 0.3) is 0 Å². The molecule has 3 N–H and O–H groups in total. The number of nitrogens with one attached hydrogen (secondary N) is 3. The van der Waals surface area contributed by atoms with E-state index < -0.39 is 0 Å². The number of hydrazine groups is 1. The molecule has 3 aromatic rings. The summed E-state index contributed by atoms with van der Waals surface area (Å²) in [6, 6.07) is 15.3. The quantitative estimate of drug-likeness (QED) is 0.433. The average molecular weight is 383 g/mol. The number of aromatic nitrogens is 1. The fourth-order valence-electron chi connectivity index (χ4n) is 2.62. The molecule has 1 heterocycles. The minimum atomic E-state index is -0.265. The fraction of sp³-hybridized carbons (Fsp3) is 0.200. The molecule has 0 saturated carbocycles. The lowest BCUT2D eigenvalue weighted by Crippen LogP contribution is -2.43. The molecule has 1 aromatic heterocycles. The number of carbonyl (C=O) groups excluding carboxylic acids is 2. The summed E-state index contributed by atoms with van der Waals surface area (Å²) in [6.45, 7) is 2.55. The van der Waals surface area contributed by atoms with Gasteiger partial charge in [0.1, 0.15) is 5.75 Å². The van der Waals surface area contributed by atoms with Gasteiger partial charge in [-0.25, -0.2) is 0 Å². The van der Waals surface area contributed by atoms with Gasteiger partial charge >= 0.3 is 0 Å². The fourth-order valence-corrected chi connectivity index (χ4v) is 3.32. The first-order valence-corrected chi connectivity index (χ1v) is 9.62. The number of rotatable bonds is 7. The van der Waals surface area contributed by atoms with E-state index in [1.165, 1.54) is 11.8 Å². The molecule has 140 valence electrons. The predicted molar refractivity (Wildman–Crippen MR) is 107 cm³/mol. The number of fused-ring (bicyclic) bond motifs is 1. The van der Waals surface area contributed by atoms with Gasteiger partial charge in [0.05, 0.1) is 18.8 Å². The Hall–Kier alpha value is -2.93. The Morgan fingerprint density at radius 3 is 2.56 bits per heavy atom. The molecule has 3 rings (SSSR count). The van der Waals surface area contributed by atoms with Crippen LogP contribution in [0, 0.1) is 0 Å². The zero-order valence-corrected chi connectivity index (χ0v) is 15.8. The molecule has 0 bridgehead atoms. The highest BCUT2D eigenvalue weighted by Crippen LogP contribution is 2.21. The second-order valence-corrected chi connectivity index (χ2v) is 6.87. The van der Waals surface area contributed by atoms with Crippen LogP contribution in [0.2, 0.25) is 0 Å². The van der Waals surface area contributed by atoms with Gasteiger partial charge in [-0.3, -0.25) is 20.4 Å². The third kappa shape index (κ3) is 5.27. The van der Waals surface area contributed by atoms with Crippen LogP contribution >= 0.6 is 11.8 Å². The maximum atomic E-state index is 12.1. The molecule has 7 heteroatoms. The Labute approximate surface area is 161 Å². The Balaban J connectivity index is 1.42. The SMILES string of the molecule is CCOc1ccc(SCC(=O)NNC(=O)Cc2c[nH]c3ccccc23)cc1. The van der Waals surface area contributed by atoms with Gasteiger partial charge in [0.15, 0.2) is 0 Å². The van der Waals surface area contributed by atoms with Crippen LogP contribution in [0.15, 0.2) is 59.6 Å². The van der Waals surface area contributed by atoms with Crippen molar-refractivity contribution in [1.82, 2.24) is 15.8 Å². The largest absolute Gasteiger partial charge is 0.494 e. The third-order valence-electron chi connectivity index (χ3n) is 3.87. The first kappa shape index (κ1) is 18.8. The lowest BCUT2D eigenvalue weighted by atomic mass is 10.1. The number of ether oxygens (including phenoxy) is 1. The number of benzene rings is 2. The number of para-hydroxylation sites is 1. The summed E-state index contributed by atoms with van der Waals surface area (Å²) in [4.78, 5) is 28.1. The summed E-state index contributed by atoms with van der Waals surface area (Å²) in [7, 11) is 0. The molecule has 2 aromatic carbocycles. The number of amides is 2. The van der Waals surface area contributed by atoms with Crippen LogP contribution < -0.4 is 15.6 Å². The van der Waals surface area contributed by atoms with Crippen LogP contribution in [0.4, 0.5) is 0 Å². The smallest absolute Gasteiger partial charge is 0.248 e. The summed E-state index contributed by atoms with van der Waals surface area (Å²) in [5.41, 5.74) is 6.78. The molecule has 6 nitrogen and oxygen atoms in total. The van der Waals surface area contributed by atoms with Gasteiger partial charge in [-0.1, -0.05) is 18.2 Å². The number of hydrogen-bond acceptors (Lipinski definition) is 4. The van der Waals surface area contributed by atoms with E-state index in [4.69, 9.17) is 4.74 Å². The molecule has 27 heavy (non-hydrogen) atoms. The van der Waals surface area contributed by atoms with Gasteiger partial charge in [-0.05, 0) is 42.8 Å². The highest BCUT2D eigenvalue weighted by molar-refractivity contribution is 8.00. The van der Waals surface area contributed by atoms with Gasteiger partial charge in [0.2, 0.25) is 11.8 Å². The van der Waals surface area contributed by atoms with Crippen molar-refractivity contribution in [1.29, 1.82) is 0 Å². The summed E-state index contributed by atoms with van der Waals surface area (Å²) in [5, 5.41) is 1.00. The second-order valence-electron chi connectivity index (χ2n) is 5.83. The van der Waals surface area contributed by atoms with Crippen LogP contribution in [-0.2, 0) is 16.0 Å². The molecule has 0 spiro atoms. The molecular formula is C20H21N3O3S. The zero-order chi connectivity index (χ0) is 19.1. The van der Waals surface area contributed by atoms with Crippen molar-refractivity contribution in [2.45, 2.75) is 18.2 Å². The van der Waals surface area contributed by atoms with Crippen LogP contribution in [-0.4, -0.2) is 29.2 Å². The number of aromatic amines is 1. The van der Waals surface area contributed by atoms with Crippen molar-refractivity contribution < 1.29 is 14.3 Å². The molecule has 0 aliphatic heterocycles. The van der Waals surface area contributed by atoms with Gasteiger partial charge < -0.3 is 9.72 Å². The second kappa shape index (κ2) is 9.14. The van der Waals surface area contributed by atoms with Crippen molar-refractivity contribution in [3.63, 3.8) is 0 Å². The molecular weight excluding hydrogens is 362 g/mol. The highest BCUT2D eigenvalue weighted by Gasteiger charge is 2.10. The van der Waals surface area contributed by atoms with E-state index in [2.05, 4.69) is 15.8 Å². The zero-order valence-electron chi connectivity index (χ0n) is 15.0. The minimum Gasteiger partial charge on any atom is -0.494 e. The number of thioether (sulfide) groups is 1. The topological polar surface area (TPSA) is 83.2 Å². The maximum Gasteiger partial charge on any atom is 0.248 e. The Bertz CT molecular complexity index is 922. The molecule has 0 aliphatic rings. The van der Waals surface area contributed by atoms with Crippen LogP contribution in [0.5, 0.6) is 5.75 Å². The predicted octanol–water partition coefficient (Wildman–Crippen LogP) is 3.05. The Morgan fingerprint density at radius 1 is 1.04 bits per heavy atom. The first-order chi connectivity index (χ1) is 13.2. The molecule has 0 aliphatic carbocycles. The number of carbonyl (C=O) groups is 2. The summed E-state index contributed by atoms with van der Waals surface area (Å²) in [5.74, 6) is 0.484. The number of H-pyrrole nitrogens is 1. The van der Waals surface area contributed by atoms with E-state index in [0.717, 1.165) is 27.1 Å². The molecule has 2 amide bonds. The van der Waals surface area contributed by atoms with Crippen molar-refractivity contribution in [2.75, 3.05) is 12.4 Å². The van der Waals surface area contributed by atoms with Crippen molar-refractivity contribution >= 4 is 34.5 Å². The Kier molecular flexibility index (Phi) is 6.38. The van der Waals surface area contributed by atoms with E-state index in [9.17, 15) is 9.59 Å². The molecule has 0 saturated heterocycles. The van der Waals surface area contributed by atoms with Crippen LogP contribution in [0.25, 0.3) is 10.9 Å². The van der Waals surface area contributed by atoms with Crippen LogP contribution in [0.1, 0.15) is 12.5 Å². The minimum absolute atomic E-state index is 0.191. The standard InChI is InChI=1S/C20H21N3O3S/c1-2-26-15-7-9-16(10-8-15)27-13-20(25)23-22-19(24)11-14-12-21-18-6-4-3-5-17(14)18/h3-10,12,21H,2,11,13H2,1H3,(H,22,24)(H,23,25). The lowest BCUT2D eigenvalue weighted by Gasteiger charge is -2.08. The number of hydrogen-bond donors (Lipinski definition) is 3. The molecule has 0 radical (unpaired) electrons. The van der Waals surface area contributed by atoms with Gasteiger partial charge in [0, 0.05) is 22.0 Å². The average Bonchev–Trinajstić information content (AvgIpc) is 3.09. The highest BCUT2D eigenvalue weighted by atomic mass is 32.2. The summed E-state index contributed by atoms with van der Waals surface area (Å²) < 4.78 is 5.38. The lowest BCUT2D eigenvalue weighted by molar-refractivity contribution is -0.127. The molecule has 0 fully saturated rings. The van der Waals surface area contributed by atoms with Crippen LogP contribution in [0.3, 0.4) is 0 Å². The molecule has 0 unspecified atom stereocenters. The van der Waals surface area contributed by atoms with E-state index >= 15 is 0 Å². The first-order valence-electron chi connectivity index (χ1n) is 8.64. The maximum absolute atomic E-state index is 12.1. The monoisotopic (exact) mass is 383 g/mol. The van der Waals surface area contributed by atoms with Gasteiger partial charge in [-0.15, -0.1) is 11.8 Å². The van der Waals surface area contributed by atoms with Crippen molar-refractivity contribution in [3.05, 3.63) is 60.3 Å². The normalized spacial score (nSPS) is 10.6. The Morgan fingerprint density at radius 2 is 1.78 bits per heavy atom. The van der Waals surface area contributed by atoms with E-state index in [1.807, 2.05) is 61.7 Å². The van der Waals surface area contributed by atoms with Crippen molar-refractivity contribution in [3.8, 4) is 5.75 Å². The van der Waals surface area contributed by atoms with E-state index in [0.29, 0.717) is 6.61 Å². The summed E-state index contributed by atoms with van der Waals surface area (Å²) in [6.07, 6.45) is 2.00.